The number of Topliss-reactive ketones (excluding diaryl/α,β-unsaturated/α-hetero) is 1. The number of carboxylic acid groups (broad SMARTS) is 1. The Morgan fingerprint density at radius 1 is 0.536 bits per heavy atom. The third-order valence-electron chi connectivity index (χ3n) is 19.0. The van der Waals surface area contributed by atoms with Crippen LogP contribution >= 0.6 is 11.8 Å². The number of unbranched alkanes of at least 4 members (excludes halogenated alkanes) is 16. The van der Waals surface area contributed by atoms with Crippen molar-refractivity contribution in [3.05, 3.63) is 29.8 Å². The summed E-state index contributed by atoms with van der Waals surface area (Å²) >= 11 is 1.28. The van der Waals surface area contributed by atoms with E-state index in [0.717, 1.165) is 39.5 Å². The highest BCUT2D eigenvalue weighted by molar-refractivity contribution is 7.98. The van der Waals surface area contributed by atoms with Gasteiger partial charge in [-0.1, -0.05) is 142 Å². The zero-order valence-electron chi connectivity index (χ0n) is 65.8. The van der Waals surface area contributed by atoms with E-state index >= 15 is 0 Å². The fourth-order valence-corrected chi connectivity index (χ4v) is 13.0. The predicted molar refractivity (Wildman–Crippen MR) is 415 cm³/mol. The lowest BCUT2D eigenvalue weighted by Gasteiger charge is -2.32. The van der Waals surface area contributed by atoms with Crippen LogP contribution in [0.15, 0.2) is 24.3 Å². The Kier molecular flexibility index (Phi) is 48.8. The molecule has 0 radical (unpaired) electrons. The fourth-order valence-electron chi connectivity index (χ4n) is 12.6. The molecule has 1 aliphatic rings. The van der Waals surface area contributed by atoms with Crippen molar-refractivity contribution in [2.75, 3.05) is 31.7 Å². The molecule has 0 aliphatic carbocycles. The Hall–Kier alpha value is -8.50. The molecular weight excluding hydrogens is 1440 g/mol. The molecule has 2 rings (SSSR count). The highest BCUT2D eigenvalue weighted by Crippen LogP contribution is 2.26. The summed E-state index contributed by atoms with van der Waals surface area (Å²) in [5.74, 6) is -12.9. The number of carboxylic acids is 1. The number of aromatic hydroxyl groups is 1. The van der Waals surface area contributed by atoms with E-state index in [4.69, 9.17) is 11.5 Å². The zero-order chi connectivity index (χ0) is 82.3. The number of nitrogens with one attached hydrogen (secondary N) is 11. The van der Waals surface area contributed by atoms with Crippen LogP contribution in [0, 0.1) is 0 Å². The summed E-state index contributed by atoms with van der Waals surface area (Å²) < 4.78 is 0. The lowest BCUT2D eigenvalue weighted by atomic mass is 10.0. The number of phenols is 1. The molecule has 0 aromatic heterocycles. The van der Waals surface area contributed by atoms with E-state index in [-0.39, 0.29) is 75.3 Å². The molecule has 33 nitrogen and oxygen atoms in total. The third-order valence-corrected chi connectivity index (χ3v) is 19.7. The molecule has 0 bridgehead atoms. The van der Waals surface area contributed by atoms with Gasteiger partial charge in [0.2, 0.25) is 76.8 Å². The number of hydrogen-bond acceptors (Lipinski definition) is 20. The van der Waals surface area contributed by atoms with Crippen LogP contribution in [0.4, 0.5) is 0 Å². The number of nitrogens with zero attached hydrogens (tertiary/aromatic N) is 1. The smallest absolute Gasteiger partial charge is 0.305 e. The quantitative estimate of drug-likeness (QED) is 0.0413. The maximum absolute atomic E-state index is 14.6. The number of phenolic OH excluding ortho intramolecular Hbond substituents is 1. The maximum Gasteiger partial charge on any atom is 0.305 e. The minimum atomic E-state index is -1.73. The number of ketones is 1. The average molecular weight is 1570 g/mol. The summed E-state index contributed by atoms with van der Waals surface area (Å²) in [5, 5.41) is 68.3. The summed E-state index contributed by atoms with van der Waals surface area (Å²) in [6, 6.07) is -10.7. The molecule has 1 aromatic carbocycles. The number of primary amides is 1. The summed E-state index contributed by atoms with van der Waals surface area (Å²) in [5.41, 5.74) is 11.9. The van der Waals surface area contributed by atoms with E-state index in [9.17, 15) is 92.3 Å². The maximum atomic E-state index is 14.6. The molecule has 0 saturated carbocycles. The van der Waals surface area contributed by atoms with Crippen molar-refractivity contribution in [1.82, 2.24) is 63.4 Å². The number of amides is 13. The first-order valence-electron chi connectivity index (χ1n) is 39.2. The van der Waals surface area contributed by atoms with E-state index < -0.39 is 187 Å². The molecule has 34 heteroatoms. The van der Waals surface area contributed by atoms with Gasteiger partial charge in [-0.3, -0.25) is 71.9 Å². The van der Waals surface area contributed by atoms with E-state index in [0.29, 0.717) is 56.9 Å². The Balaban J connectivity index is 2.33. The number of hydrogen-bond donors (Lipinski definition) is 17. The lowest BCUT2D eigenvalue weighted by molar-refractivity contribution is -0.142. The van der Waals surface area contributed by atoms with E-state index in [1.807, 2.05) is 13.8 Å². The molecule has 1 aromatic rings. The van der Waals surface area contributed by atoms with Crippen LogP contribution in [-0.2, 0) is 78.3 Å². The Morgan fingerprint density at radius 2 is 1.02 bits per heavy atom. The van der Waals surface area contributed by atoms with Crippen LogP contribution in [-0.4, -0.2) is 224 Å². The van der Waals surface area contributed by atoms with Crippen LogP contribution in [0.2, 0.25) is 0 Å². The van der Waals surface area contributed by atoms with Crippen molar-refractivity contribution >= 4 is 100 Å². The van der Waals surface area contributed by atoms with Gasteiger partial charge in [-0.05, 0) is 122 Å². The van der Waals surface area contributed by atoms with Crippen molar-refractivity contribution in [1.29, 1.82) is 0 Å². The topological polar surface area (TPSA) is 525 Å². The van der Waals surface area contributed by atoms with Gasteiger partial charge < -0.3 is 95.3 Å². The third kappa shape index (κ3) is 38.4. The van der Waals surface area contributed by atoms with Gasteiger partial charge in [0.05, 0.1) is 31.7 Å². The van der Waals surface area contributed by atoms with Crippen LogP contribution < -0.4 is 70.0 Å². The molecule has 13 amide bonds. The highest BCUT2D eigenvalue weighted by Gasteiger charge is 2.45. The molecule has 1 fully saturated rings. The van der Waals surface area contributed by atoms with E-state index in [2.05, 4.69) is 65.4 Å². The SMILES string of the molecule is CCCCCCCCCCCCCCCC(=O)N[C@@H](C)C(=O)NCC(=O)N[C@@H](Cc1ccc(O)cc1)C(=O)N[C@@H](CCC(N)=O)C(=O)N[C@@H](CCCCC)C(=O)N[C@@H](CCCCN)C(=O)N[C@H]1CC(C)N([C@@H](CCCC)C(=O)N[C@@H](CO)C(=O)N[C@@H](CCSC)C(=O)N[C@H](C(=O)N[C@@H](CC(=O)O)C(C)=O)[C@@H](C)O)C1=O. The van der Waals surface area contributed by atoms with Gasteiger partial charge in [0.25, 0.3) is 0 Å². The fraction of sp³-hybridized carbons (Fsp3) is 0.724. The van der Waals surface area contributed by atoms with Crippen molar-refractivity contribution < 1.29 is 92.3 Å². The second kappa shape index (κ2) is 55.0. The standard InChI is InChI=1S/C76H128N14O19S/c1-9-12-15-16-17-18-19-20-21-22-23-24-26-32-63(96)80-48(5)67(100)79-45-64(97)81-58(43-51-33-35-52(94)36-34-51)72(105)84-55(37-38-62(78)95)70(103)83-53(29-25-13-10-2)68(101)82-54(30-27-28-40-77)69(102)87-59-42-47(4)90(76(59)109)61(31-14-11-3)74(107)88-60(46-91)73(106)85-56(39-41-110-8)71(104)89-66(50(7)93)75(108)86-57(49(6)92)44-65(98)99/h33-36,47-48,50,53-61,66,91,93-94H,9-32,37-46,77H2,1-8H3,(H2,78,95)(H,79,100)(H,80,96)(H,81,97)(H,82,101)(H,83,103)(H,84,105)(H,85,106)(H,86,108)(H,87,102)(H,88,107)(H,89,104)(H,98,99)/t47?,48-,50+,53-,54-,55-,56-,57-,58-,59-,60-,61-,66-/m0/s1. The van der Waals surface area contributed by atoms with Gasteiger partial charge in [-0.25, -0.2) is 0 Å². The molecule has 110 heavy (non-hydrogen) atoms. The first kappa shape index (κ1) is 97.6. The number of benzene rings is 1. The molecule has 19 N–H and O–H groups in total. The molecule has 1 unspecified atom stereocenters. The second-order valence-corrected chi connectivity index (χ2v) is 29.6. The predicted octanol–water partition coefficient (Wildman–Crippen LogP) is 1.74. The van der Waals surface area contributed by atoms with Crippen LogP contribution in [0.3, 0.4) is 0 Å². The summed E-state index contributed by atoms with van der Waals surface area (Å²) in [4.78, 5) is 205. The van der Waals surface area contributed by atoms with E-state index in [1.54, 1.807) is 13.2 Å². The van der Waals surface area contributed by atoms with Crippen molar-refractivity contribution in [2.24, 2.45) is 11.5 Å². The molecule has 1 aliphatic heterocycles. The Labute approximate surface area is 651 Å². The monoisotopic (exact) mass is 1570 g/mol. The largest absolute Gasteiger partial charge is 0.508 e. The summed E-state index contributed by atoms with van der Waals surface area (Å²) in [6.07, 6.45) is 16.7. The Morgan fingerprint density at radius 3 is 1.54 bits per heavy atom. The molecular formula is C76H128N14O19S. The van der Waals surface area contributed by atoms with Gasteiger partial charge in [0.15, 0.2) is 5.78 Å². The van der Waals surface area contributed by atoms with Crippen molar-refractivity contribution in [3.8, 4) is 5.75 Å². The normalized spacial score (nSPS) is 16.3. The van der Waals surface area contributed by atoms with E-state index in [1.165, 1.54) is 99.2 Å². The number of thioether (sulfide) groups is 1. The molecule has 1 heterocycles. The number of rotatable bonds is 60. The number of aliphatic carboxylic acids is 1. The first-order valence-corrected chi connectivity index (χ1v) is 40.6. The Bertz CT molecular complexity index is 3090. The first-order chi connectivity index (χ1) is 52.4. The van der Waals surface area contributed by atoms with Gasteiger partial charge >= 0.3 is 5.97 Å². The second-order valence-electron chi connectivity index (χ2n) is 28.6. The number of likely N-dealkylation sites (tertiary alicyclic amines) is 1. The lowest BCUT2D eigenvalue weighted by Crippen LogP contribution is -2.61. The average Bonchev–Trinajstić information content (AvgIpc) is 1.64. The van der Waals surface area contributed by atoms with Crippen molar-refractivity contribution in [2.45, 2.75) is 320 Å². The van der Waals surface area contributed by atoms with Gasteiger partial charge in [-0.15, -0.1) is 0 Å². The molecule has 622 valence electrons. The number of aliphatic hydroxyl groups excluding tert-OH is 2. The minimum Gasteiger partial charge on any atom is -0.508 e. The number of nitrogens with two attached hydrogens (primary N) is 2. The molecule has 0 spiro atoms. The number of aliphatic hydroxyl groups is 2. The number of carbonyl (C=O) groups excluding carboxylic acids is 14. The molecule has 13 atom stereocenters. The van der Waals surface area contributed by atoms with Crippen LogP contribution in [0.1, 0.15) is 240 Å². The summed E-state index contributed by atoms with van der Waals surface area (Å²) in [6.45, 7) is 9.84. The highest BCUT2D eigenvalue weighted by atomic mass is 32.2. The minimum absolute atomic E-state index is 0.00655. The van der Waals surface area contributed by atoms with Crippen LogP contribution in [0.5, 0.6) is 5.75 Å². The van der Waals surface area contributed by atoms with Gasteiger partial charge in [-0.2, -0.15) is 11.8 Å². The van der Waals surface area contributed by atoms with Crippen LogP contribution in [0.25, 0.3) is 0 Å². The summed E-state index contributed by atoms with van der Waals surface area (Å²) in [7, 11) is 0. The van der Waals surface area contributed by atoms with Gasteiger partial charge in [0.1, 0.15) is 66.2 Å². The van der Waals surface area contributed by atoms with Crippen molar-refractivity contribution in [3.63, 3.8) is 0 Å². The zero-order valence-corrected chi connectivity index (χ0v) is 66.6. The van der Waals surface area contributed by atoms with Gasteiger partial charge in [0, 0.05) is 25.3 Å². The number of carbonyl (C=O) groups is 15. The molecule has 1 saturated heterocycles.